The fraction of sp³-hybridized carbons (Fsp3) is 0.240. The van der Waals surface area contributed by atoms with Crippen molar-refractivity contribution in [2.45, 2.75) is 26.0 Å². The van der Waals surface area contributed by atoms with E-state index in [0.29, 0.717) is 115 Å². The fourth-order valence-corrected chi connectivity index (χ4v) is 6.84. The highest BCUT2D eigenvalue weighted by Crippen LogP contribution is 2.33. The Balaban J connectivity index is 0.712. The second kappa shape index (κ2) is 21.8. The Labute approximate surface area is 372 Å². The molecule has 5 aromatic carbocycles. The average Bonchev–Trinajstić information content (AvgIpc) is 3.79. The molecule has 0 spiro atoms. The van der Waals surface area contributed by atoms with Gasteiger partial charge in [0, 0.05) is 48.7 Å². The number of rotatable bonds is 23. The topological polar surface area (TPSA) is 156 Å². The molecule has 0 amide bonds. The second-order valence-electron chi connectivity index (χ2n) is 14.8. The van der Waals surface area contributed by atoms with E-state index in [4.69, 9.17) is 42.0 Å². The molecule has 0 aliphatic heterocycles. The Hall–Kier alpha value is -7.33. The summed E-state index contributed by atoms with van der Waals surface area (Å²) in [6.45, 7) is 3.36. The minimum Gasteiger partial charge on any atom is -0.494 e. The van der Waals surface area contributed by atoms with Crippen molar-refractivity contribution < 1.29 is 46.4 Å². The second-order valence-corrected chi connectivity index (χ2v) is 14.8. The summed E-state index contributed by atoms with van der Waals surface area (Å²) in [5.41, 5.74) is 3.34. The van der Waals surface area contributed by atoms with E-state index in [1.54, 1.807) is 41.1 Å². The van der Waals surface area contributed by atoms with Gasteiger partial charge in [0.1, 0.15) is 70.1 Å². The van der Waals surface area contributed by atoms with E-state index in [1.165, 1.54) is 37.4 Å². The van der Waals surface area contributed by atoms with Gasteiger partial charge in [0.2, 0.25) is 0 Å². The third kappa shape index (κ3) is 12.0. The number of hydrogen-bond acceptors (Lipinski definition) is 13. The number of halogens is 1. The molecule has 0 aliphatic rings. The largest absolute Gasteiger partial charge is 0.494 e. The zero-order valence-electron chi connectivity index (χ0n) is 35.6. The lowest BCUT2D eigenvalue weighted by atomic mass is 10.1. The molecule has 0 aliphatic carbocycles. The van der Waals surface area contributed by atoms with Gasteiger partial charge < -0.3 is 42.0 Å². The van der Waals surface area contributed by atoms with Crippen molar-refractivity contribution in [2.75, 3.05) is 53.5 Å². The highest BCUT2D eigenvalue weighted by molar-refractivity contribution is 5.86. The Morgan fingerprint density at radius 3 is 2.05 bits per heavy atom. The van der Waals surface area contributed by atoms with E-state index < -0.39 is 5.82 Å². The number of methoxy groups -OCH3 is 1. The molecular weight excluding hydrogens is 838 g/mol. The molecule has 15 heteroatoms. The maximum atomic E-state index is 13.5. The Morgan fingerprint density at radius 1 is 0.631 bits per heavy atom. The third-order valence-electron chi connectivity index (χ3n) is 10.1. The van der Waals surface area contributed by atoms with Crippen LogP contribution < -0.4 is 29.8 Å². The van der Waals surface area contributed by atoms with Gasteiger partial charge in [0.05, 0.1) is 50.7 Å². The number of ether oxygens (including phenoxy) is 7. The summed E-state index contributed by atoms with van der Waals surface area (Å²) in [5.74, 6) is 2.44. The Kier molecular flexibility index (Phi) is 14.9. The number of hydrogen-bond donors (Lipinski definition) is 0. The highest BCUT2D eigenvalue weighted by atomic mass is 19.1. The Bertz CT molecular complexity index is 2920. The maximum absolute atomic E-state index is 13.5. The highest BCUT2D eigenvalue weighted by Gasteiger charge is 2.16. The number of benzene rings is 5. The van der Waals surface area contributed by atoms with Gasteiger partial charge in [-0.05, 0) is 85.1 Å². The molecule has 8 aromatic rings. The van der Waals surface area contributed by atoms with Crippen LogP contribution in [0.3, 0.4) is 0 Å². The Morgan fingerprint density at radius 2 is 1.31 bits per heavy atom. The van der Waals surface area contributed by atoms with Crippen molar-refractivity contribution in [3.8, 4) is 45.6 Å². The van der Waals surface area contributed by atoms with Crippen molar-refractivity contribution in [1.82, 2.24) is 15.0 Å². The quantitative estimate of drug-likeness (QED) is 0.0445. The third-order valence-corrected chi connectivity index (χ3v) is 10.1. The van der Waals surface area contributed by atoms with Crippen LogP contribution in [0.5, 0.6) is 23.0 Å². The van der Waals surface area contributed by atoms with Gasteiger partial charge in [0.15, 0.2) is 17.7 Å². The zero-order valence-corrected chi connectivity index (χ0v) is 35.6. The first-order valence-corrected chi connectivity index (χ1v) is 21.0. The molecule has 0 N–H and O–H groups in total. The molecule has 0 atom stereocenters. The summed E-state index contributed by atoms with van der Waals surface area (Å²) in [7, 11) is 1.53. The maximum Gasteiger partial charge on any atom is 0.197 e. The molecule has 0 saturated heterocycles. The lowest BCUT2D eigenvalue weighted by molar-refractivity contribution is 0.0333. The zero-order chi connectivity index (χ0) is 44.8. The molecule has 65 heavy (non-hydrogen) atoms. The molecule has 0 saturated carbocycles. The van der Waals surface area contributed by atoms with Crippen LogP contribution in [-0.2, 0) is 33.8 Å². The summed E-state index contributed by atoms with van der Waals surface area (Å²) in [4.78, 5) is 25.9. The predicted octanol–water partition coefficient (Wildman–Crippen LogP) is 8.65. The molecule has 0 radical (unpaired) electrons. The number of aromatic nitrogens is 3. The monoisotopic (exact) mass is 883 g/mol. The van der Waals surface area contributed by atoms with Crippen molar-refractivity contribution in [3.05, 3.63) is 165 Å². The summed E-state index contributed by atoms with van der Waals surface area (Å²) in [6.07, 6.45) is 3.33. The van der Waals surface area contributed by atoms with Crippen LogP contribution >= 0.6 is 0 Å². The minimum absolute atomic E-state index is 0.0241. The van der Waals surface area contributed by atoms with E-state index in [1.807, 2.05) is 60.8 Å². The van der Waals surface area contributed by atoms with Crippen LogP contribution in [-0.4, -0.2) is 68.5 Å². The van der Waals surface area contributed by atoms with Gasteiger partial charge in [-0.2, -0.15) is 0 Å². The standard InChI is InChI=1S/C50H46FN3O11/c1-57-33-63-41-27-48(62-32-34-6-3-2-4-7-34)50-44(56)30-47(65-49(50)28-41)36-9-14-39(15-10-36)60-20-5-8-38-31-54(53-52-38)19-21-58-22-23-59-24-25-61-40-16-11-35(12-17-40)46-29-43(55)42-26-37(51)13-18-45(42)64-46/h2-4,6-7,9-18,26-31H,5,8,19-25,32-33H2,1H3. The van der Waals surface area contributed by atoms with E-state index in [9.17, 15) is 14.0 Å². The van der Waals surface area contributed by atoms with Gasteiger partial charge >= 0.3 is 0 Å². The minimum atomic E-state index is -0.489. The molecular formula is C50H46FN3O11. The van der Waals surface area contributed by atoms with Crippen LogP contribution in [0.1, 0.15) is 17.7 Å². The smallest absolute Gasteiger partial charge is 0.197 e. The first kappa shape index (κ1) is 44.3. The molecule has 8 rings (SSSR count). The lowest BCUT2D eigenvalue weighted by Crippen LogP contribution is -2.13. The van der Waals surface area contributed by atoms with Gasteiger partial charge in [-0.3, -0.25) is 9.59 Å². The van der Waals surface area contributed by atoms with Crippen LogP contribution in [0.25, 0.3) is 44.6 Å². The summed E-state index contributed by atoms with van der Waals surface area (Å²) < 4.78 is 67.2. The lowest BCUT2D eigenvalue weighted by Gasteiger charge is -2.13. The number of aryl methyl sites for hydroxylation is 1. The van der Waals surface area contributed by atoms with Crippen LogP contribution in [0.4, 0.5) is 4.39 Å². The summed E-state index contributed by atoms with van der Waals surface area (Å²) in [6, 6.07) is 34.2. The number of nitrogens with zero attached hydrogens (tertiary/aromatic N) is 3. The van der Waals surface area contributed by atoms with Gasteiger partial charge in [-0.1, -0.05) is 35.5 Å². The first-order valence-electron chi connectivity index (χ1n) is 21.0. The van der Waals surface area contributed by atoms with Gasteiger partial charge in [0.25, 0.3) is 0 Å². The van der Waals surface area contributed by atoms with E-state index in [0.717, 1.165) is 17.7 Å². The van der Waals surface area contributed by atoms with E-state index in [2.05, 4.69) is 10.3 Å². The van der Waals surface area contributed by atoms with Crippen LogP contribution in [0.15, 0.2) is 146 Å². The van der Waals surface area contributed by atoms with Crippen LogP contribution in [0, 0.1) is 5.82 Å². The molecule has 3 heterocycles. The molecule has 14 nitrogen and oxygen atoms in total. The van der Waals surface area contributed by atoms with Crippen molar-refractivity contribution in [1.29, 1.82) is 0 Å². The predicted molar refractivity (Wildman–Crippen MR) is 240 cm³/mol. The van der Waals surface area contributed by atoms with Gasteiger partial charge in [-0.15, -0.1) is 5.10 Å². The van der Waals surface area contributed by atoms with Crippen molar-refractivity contribution in [3.63, 3.8) is 0 Å². The molecule has 334 valence electrons. The molecule has 0 fully saturated rings. The normalized spacial score (nSPS) is 11.3. The SMILES string of the molecule is COCOc1cc(OCc2ccccc2)c2c(=O)cc(-c3ccc(OCCCc4cn(CCOCCOCCOc5ccc(-c6cc(=O)c7cc(F)ccc7o6)cc5)nn4)cc3)oc2c1. The molecule has 0 unspecified atom stereocenters. The summed E-state index contributed by atoms with van der Waals surface area (Å²) in [5, 5.41) is 9.00. The van der Waals surface area contributed by atoms with Crippen molar-refractivity contribution >= 4 is 21.9 Å². The van der Waals surface area contributed by atoms with E-state index in [-0.39, 0.29) is 29.6 Å². The first-order chi connectivity index (χ1) is 31.9. The van der Waals surface area contributed by atoms with Crippen molar-refractivity contribution in [2.24, 2.45) is 0 Å². The van der Waals surface area contributed by atoms with E-state index >= 15 is 0 Å². The van der Waals surface area contributed by atoms with Crippen LogP contribution in [0.2, 0.25) is 0 Å². The summed E-state index contributed by atoms with van der Waals surface area (Å²) >= 11 is 0. The number of fused-ring (bicyclic) bond motifs is 2. The average molecular weight is 884 g/mol. The molecule has 3 aromatic heterocycles. The van der Waals surface area contributed by atoms with Gasteiger partial charge in [-0.25, -0.2) is 9.07 Å². The molecule has 0 bridgehead atoms. The fourth-order valence-electron chi connectivity index (χ4n) is 6.84.